The first kappa shape index (κ1) is 17.9. The predicted molar refractivity (Wildman–Crippen MR) is 104 cm³/mol. The van der Waals surface area contributed by atoms with Crippen molar-refractivity contribution >= 4 is 17.3 Å². The number of hydrogen-bond acceptors (Lipinski definition) is 7. The van der Waals surface area contributed by atoms with Gasteiger partial charge in [-0.1, -0.05) is 0 Å². The molecule has 0 bridgehead atoms. The summed E-state index contributed by atoms with van der Waals surface area (Å²) in [7, 11) is 0. The molecular weight excluding hydrogens is 378 g/mol. The summed E-state index contributed by atoms with van der Waals surface area (Å²) in [4.78, 5) is 10.8. The number of anilines is 1. The Morgan fingerprint density at radius 2 is 2.03 bits per heavy atom. The molecule has 0 radical (unpaired) electrons. The Bertz CT molecular complexity index is 989. The molecule has 0 saturated carbocycles. The Morgan fingerprint density at radius 1 is 1.17 bits per heavy atom. The summed E-state index contributed by atoms with van der Waals surface area (Å²) in [6.07, 6.45) is 6.48. The predicted octanol–water partition coefficient (Wildman–Crippen LogP) is 2.43. The van der Waals surface area contributed by atoms with E-state index in [1.165, 1.54) is 12.1 Å². The van der Waals surface area contributed by atoms with E-state index in [1.54, 1.807) is 24.7 Å². The van der Waals surface area contributed by atoms with Crippen molar-refractivity contribution in [3.63, 3.8) is 0 Å². The average Bonchev–Trinajstić information content (AvgIpc) is 3.30. The standard InChI is InChI=1S/C20H20F2N6O/c21-12-1-2-14(15(22)11-12)17-18(28-9-10-29-20(28)27-17)16-5-8-24-19(26-16)25-13-3-6-23-7-4-13/h1-2,5,8-11,13,20,23,27H,3-4,6-7H2,(H,24,25,26). The van der Waals surface area contributed by atoms with Crippen LogP contribution in [0.5, 0.6) is 0 Å². The quantitative estimate of drug-likeness (QED) is 0.731. The van der Waals surface area contributed by atoms with Crippen molar-refractivity contribution in [3.05, 3.63) is 65.8 Å². The summed E-state index contributed by atoms with van der Waals surface area (Å²) >= 11 is 0. The van der Waals surface area contributed by atoms with Gasteiger partial charge in [-0.25, -0.2) is 18.7 Å². The van der Waals surface area contributed by atoms with E-state index in [4.69, 9.17) is 4.74 Å². The van der Waals surface area contributed by atoms with Crippen LogP contribution in [0.15, 0.2) is 42.9 Å². The first-order chi connectivity index (χ1) is 14.2. The molecule has 1 fully saturated rings. The average molecular weight is 398 g/mol. The number of nitrogens with one attached hydrogen (secondary N) is 3. The van der Waals surface area contributed by atoms with Gasteiger partial charge in [-0.15, -0.1) is 0 Å². The van der Waals surface area contributed by atoms with Gasteiger partial charge in [0.1, 0.15) is 17.9 Å². The molecular formula is C20H20F2N6O. The minimum absolute atomic E-state index is 0.249. The van der Waals surface area contributed by atoms with E-state index >= 15 is 0 Å². The van der Waals surface area contributed by atoms with Crippen LogP contribution < -0.4 is 16.0 Å². The van der Waals surface area contributed by atoms with Gasteiger partial charge in [0.25, 0.3) is 6.35 Å². The van der Waals surface area contributed by atoms with Crippen LogP contribution in [0.3, 0.4) is 0 Å². The van der Waals surface area contributed by atoms with Crippen LogP contribution in [0, 0.1) is 11.6 Å². The number of ether oxygens (including phenoxy) is 1. The van der Waals surface area contributed by atoms with Gasteiger partial charge in [0, 0.05) is 30.1 Å². The molecule has 7 nitrogen and oxygen atoms in total. The second kappa shape index (κ2) is 7.32. The maximum atomic E-state index is 14.5. The minimum atomic E-state index is -0.655. The topological polar surface area (TPSA) is 74.3 Å². The fraction of sp³-hybridized carbons (Fsp3) is 0.300. The molecule has 0 amide bonds. The Morgan fingerprint density at radius 3 is 2.86 bits per heavy atom. The molecule has 5 rings (SSSR count). The molecule has 0 aliphatic carbocycles. The number of rotatable bonds is 4. The summed E-state index contributed by atoms with van der Waals surface area (Å²) in [6.45, 7) is 1.91. The Hall–Kier alpha value is -3.20. The number of benzene rings is 1. The summed E-state index contributed by atoms with van der Waals surface area (Å²) in [5, 5.41) is 9.86. The van der Waals surface area contributed by atoms with Crippen molar-refractivity contribution in [1.29, 1.82) is 0 Å². The van der Waals surface area contributed by atoms with Gasteiger partial charge in [-0.3, -0.25) is 4.90 Å². The van der Waals surface area contributed by atoms with Crippen LogP contribution in [-0.4, -0.2) is 40.4 Å². The molecule has 29 heavy (non-hydrogen) atoms. The summed E-state index contributed by atoms with van der Waals surface area (Å²) < 4.78 is 33.4. The van der Waals surface area contributed by atoms with E-state index in [-0.39, 0.29) is 5.56 Å². The van der Waals surface area contributed by atoms with Crippen molar-refractivity contribution in [2.24, 2.45) is 0 Å². The third-order valence-corrected chi connectivity index (χ3v) is 5.22. The molecule has 4 heterocycles. The van der Waals surface area contributed by atoms with Crippen molar-refractivity contribution in [1.82, 2.24) is 25.5 Å². The van der Waals surface area contributed by atoms with E-state index < -0.39 is 18.0 Å². The zero-order chi connectivity index (χ0) is 19.8. The highest BCUT2D eigenvalue weighted by molar-refractivity contribution is 5.91. The normalized spacial score (nSPS) is 21.2. The van der Waals surface area contributed by atoms with Gasteiger partial charge < -0.3 is 20.7 Å². The Balaban J connectivity index is 1.54. The van der Waals surface area contributed by atoms with Gasteiger partial charge in [0.15, 0.2) is 0 Å². The van der Waals surface area contributed by atoms with E-state index in [0.717, 1.165) is 32.0 Å². The highest BCUT2D eigenvalue weighted by atomic mass is 19.1. The fourth-order valence-corrected chi connectivity index (χ4v) is 3.80. The summed E-state index contributed by atoms with van der Waals surface area (Å²) in [6, 6.07) is 5.58. The SMILES string of the molecule is Fc1ccc(C2=C(c3ccnc(NC4CCNCC4)n3)N3C=COC3N2)c(F)c1. The molecule has 2 aromatic rings. The number of fused-ring (bicyclic) bond motifs is 1. The van der Waals surface area contributed by atoms with Gasteiger partial charge in [-0.05, 0) is 44.1 Å². The van der Waals surface area contributed by atoms with E-state index in [1.807, 2.05) is 4.90 Å². The summed E-state index contributed by atoms with van der Waals surface area (Å²) in [5.41, 5.74) is 1.99. The second-order valence-corrected chi connectivity index (χ2v) is 7.11. The lowest BCUT2D eigenvalue weighted by molar-refractivity contribution is 0.0847. The fourth-order valence-electron chi connectivity index (χ4n) is 3.80. The smallest absolute Gasteiger partial charge is 0.254 e. The molecule has 3 aliphatic heterocycles. The van der Waals surface area contributed by atoms with Gasteiger partial charge in [-0.2, -0.15) is 0 Å². The van der Waals surface area contributed by atoms with Gasteiger partial charge in [0.05, 0.1) is 17.1 Å². The first-order valence-corrected chi connectivity index (χ1v) is 9.56. The van der Waals surface area contributed by atoms with E-state index in [2.05, 4.69) is 25.9 Å². The monoisotopic (exact) mass is 398 g/mol. The minimum Gasteiger partial charge on any atom is -0.458 e. The van der Waals surface area contributed by atoms with Gasteiger partial charge in [0.2, 0.25) is 5.95 Å². The van der Waals surface area contributed by atoms with Crippen LogP contribution in [0.2, 0.25) is 0 Å². The molecule has 1 aromatic carbocycles. The number of halogens is 2. The molecule has 1 saturated heterocycles. The number of piperidine rings is 1. The van der Waals surface area contributed by atoms with E-state index in [0.29, 0.717) is 29.1 Å². The van der Waals surface area contributed by atoms with Crippen molar-refractivity contribution < 1.29 is 13.5 Å². The molecule has 1 atom stereocenters. The van der Waals surface area contributed by atoms with Crippen LogP contribution in [0.25, 0.3) is 11.4 Å². The molecule has 3 N–H and O–H groups in total. The molecule has 9 heteroatoms. The molecule has 150 valence electrons. The van der Waals surface area contributed by atoms with Crippen molar-refractivity contribution in [3.8, 4) is 0 Å². The van der Waals surface area contributed by atoms with E-state index in [9.17, 15) is 8.78 Å². The van der Waals surface area contributed by atoms with Crippen molar-refractivity contribution in [2.45, 2.75) is 25.2 Å². The van der Waals surface area contributed by atoms with Crippen LogP contribution in [-0.2, 0) is 4.74 Å². The Labute approximate surface area is 166 Å². The lowest BCUT2D eigenvalue weighted by Crippen LogP contribution is -2.35. The lowest BCUT2D eigenvalue weighted by Gasteiger charge is -2.24. The zero-order valence-corrected chi connectivity index (χ0v) is 15.5. The number of aromatic nitrogens is 2. The lowest BCUT2D eigenvalue weighted by atomic mass is 10.1. The largest absolute Gasteiger partial charge is 0.458 e. The Kier molecular flexibility index (Phi) is 4.51. The molecule has 1 unspecified atom stereocenters. The molecule has 0 spiro atoms. The summed E-state index contributed by atoms with van der Waals surface area (Å²) in [5.74, 6) is -0.760. The third kappa shape index (κ3) is 3.38. The third-order valence-electron chi connectivity index (χ3n) is 5.22. The molecule has 3 aliphatic rings. The van der Waals surface area contributed by atoms with Crippen LogP contribution in [0.4, 0.5) is 14.7 Å². The molecule has 1 aromatic heterocycles. The zero-order valence-electron chi connectivity index (χ0n) is 15.5. The number of hydrogen-bond donors (Lipinski definition) is 3. The highest BCUT2D eigenvalue weighted by Gasteiger charge is 2.37. The first-order valence-electron chi connectivity index (χ1n) is 9.56. The maximum absolute atomic E-state index is 14.5. The second-order valence-electron chi connectivity index (χ2n) is 7.11. The van der Waals surface area contributed by atoms with Crippen LogP contribution in [0.1, 0.15) is 24.1 Å². The van der Waals surface area contributed by atoms with Crippen LogP contribution >= 0.6 is 0 Å². The maximum Gasteiger partial charge on any atom is 0.254 e. The van der Waals surface area contributed by atoms with Crippen molar-refractivity contribution in [2.75, 3.05) is 18.4 Å². The number of nitrogens with zero attached hydrogens (tertiary/aromatic N) is 3. The highest BCUT2D eigenvalue weighted by Crippen LogP contribution is 2.37. The van der Waals surface area contributed by atoms with Gasteiger partial charge >= 0.3 is 0 Å².